The minimum absolute atomic E-state index is 0.310. The van der Waals surface area contributed by atoms with Crippen molar-refractivity contribution in [2.45, 2.75) is 33.3 Å². The van der Waals surface area contributed by atoms with E-state index in [1.165, 1.54) is 0 Å². The highest BCUT2D eigenvalue weighted by Gasteiger charge is 2.15. The van der Waals surface area contributed by atoms with Crippen LogP contribution in [0.3, 0.4) is 0 Å². The molecule has 5 heteroatoms. The molecule has 0 spiro atoms. The number of benzene rings is 1. The van der Waals surface area contributed by atoms with Crippen LogP contribution in [0.2, 0.25) is 0 Å². The molecule has 2 rings (SSSR count). The Morgan fingerprint density at radius 1 is 1.29 bits per heavy atom. The standard InChI is InChI=1S/C16H22N4O/c1-10(2)14-11(3)18-15(19-16(14)20-17)13-7-5-6-12(8-13)9-21-4/h5-8,10H,9,17H2,1-4H3,(H,18,19,20). The molecule has 0 radical (unpaired) electrons. The summed E-state index contributed by atoms with van der Waals surface area (Å²) in [7, 11) is 1.68. The molecule has 3 N–H and O–H groups in total. The fraction of sp³-hybridized carbons (Fsp3) is 0.375. The zero-order valence-corrected chi connectivity index (χ0v) is 13.0. The number of hydrogen-bond acceptors (Lipinski definition) is 5. The molecule has 0 aliphatic rings. The lowest BCUT2D eigenvalue weighted by molar-refractivity contribution is 0.185. The van der Waals surface area contributed by atoms with E-state index in [0.29, 0.717) is 24.2 Å². The predicted octanol–water partition coefficient (Wildman–Crippen LogP) is 3.01. The first kappa shape index (κ1) is 15.4. The Kier molecular flexibility index (Phi) is 4.88. The highest BCUT2D eigenvalue weighted by atomic mass is 16.5. The Morgan fingerprint density at radius 3 is 2.67 bits per heavy atom. The Labute approximate surface area is 125 Å². The number of nitrogens with one attached hydrogen (secondary N) is 1. The smallest absolute Gasteiger partial charge is 0.161 e. The first-order valence-corrected chi connectivity index (χ1v) is 7.00. The number of anilines is 1. The number of nitrogen functional groups attached to an aromatic ring is 1. The van der Waals surface area contributed by atoms with Crippen LogP contribution in [0, 0.1) is 6.92 Å². The summed E-state index contributed by atoms with van der Waals surface area (Å²) in [6, 6.07) is 8.02. The van der Waals surface area contributed by atoms with Gasteiger partial charge < -0.3 is 10.2 Å². The molecule has 0 bridgehead atoms. The molecule has 0 atom stereocenters. The maximum atomic E-state index is 5.62. The van der Waals surface area contributed by atoms with Crippen LogP contribution >= 0.6 is 0 Å². The van der Waals surface area contributed by atoms with Crippen molar-refractivity contribution in [3.05, 3.63) is 41.1 Å². The fourth-order valence-corrected chi connectivity index (χ4v) is 2.48. The van der Waals surface area contributed by atoms with E-state index in [0.717, 1.165) is 22.4 Å². The second-order valence-electron chi connectivity index (χ2n) is 5.33. The van der Waals surface area contributed by atoms with Crippen LogP contribution in [0.25, 0.3) is 11.4 Å². The lowest BCUT2D eigenvalue weighted by Gasteiger charge is -2.15. The minimum Gasteiger partial charge on any atom is -0.380 e. The van der Waals surface area contributed by atoms with Crippen molar-refractivity contribution >= 4 is 5.82 Å². The molecule has 0 saturated carbocycles. The molecule has 5 nitrogen and oxygen atoms in total. The van der Waals surface area contributed by atoms with Crippen LogP contribution in [0.15, 0.2) is 24.3 Å². The number of nitrogens with two attached hydrogens (primary N) is 1. The molecular weight excluding hydrogens is 264 g/mol. The van der Waals surface area contributed by atoms with Crippen molar-refractivity contribution in [2.24, 2.45) is 5.84 Å². The van der Waals surface area contributed by atoms with E-state index in [9.17, 15) is 0 Å². The van der Waals surface area contributed by atoms with Crippen LogP contribution < -0.4 is 11.3 Å². The second-order valence-corrected chi connectivity index (χ2v) is 5.33. The van der Waals surface area contributed by atoms with Gasteiger partial charge in [-0.2, -0.15) is 0 Å². The first-order chi connectivity index (χ1) is 10.1. The zero-order valence-electron chi connectivity index (χ0n) is 13.0. The third-order valence-electron chi connectivity index (χ3n) is 3.35. The third-order valence-corrected chi connectivity index (χ3v) is 3.35. The third kappa shape index (κ3) is 3.37. The van der Waals surface area contributed by atoms with Crippen LogP contribution in [0.1, 0.15) is 36.6 Å². The molecule has 1 aromatic carbocycles. The second kappa shape index (κ2) is 6.65. The quantitative estimate of drug-likeness (QED) is 0.653. The molecule has 21 heavy (non-hydrogen) atoms. The summed E-state index contributed by atoms with van der Waals surface area (Å²) in [4.78, 5) is 9.18. The van der Waals surface area contributed by atoms with Crippen molar-refractivity contribution in [1.29, 1.82) is 0 Å². The van der Waals surface area contributed by atoms with Gasteiger partial charge in [-0.3, -0.25) is 0 Å². The average Bonchev–Trinajstić information content (AvgIpc) is 2.46. The zero-order chi connectivity index (χ0) is 15.4. The Balaban J connectivity index is 2.50. The lowest BCUT2D eigenvalue weighted by atomic mass is 10.0. The van der Waals surface area contributed by atoms with Gasteiger partial charge in [-0.25, -0.2) is 15.8 Å². The molecule has 1 aromatic heterocycles. The monoisotopic (exact) mass is 286 g/mol. The SMILES string of the molecule is COCc1cccc(-c2nc(C)c(C(C)C)c(NN)n2)c1. The van der Waals surface area contributed by atoms with Crippen molar-refractivity contribution in [3.8, 4) is 11.4 Å². The van der Waals surface area contributed by atoms with Gasteiger partial charge in [-0.05, 0) is 24.5 Å². The molecule has 0 aliphatic heterocycles. The summed E-state index contributed by atoms with van der Waals surface area (Å²) in [5.41, 5.74) is 6.73. The molecule has 0 saturated heterocycles. The number of ether oxygens (including phenoxy) is 1. The van der Waals surface area contributed by atoms with Gasteiger partial charge in [-0.1, -0.05) is 32.0 Å². The van der Waals surface area contributed by atoms with E-state index in [-0.39, 0.29) is 0 Å². The highest BCUT2D eigenvalue weighted by molar-refractivity contribution is 5.61. The Morgan fingerprint density at radius 2 is 2.05 bits per heavy atom. The topological polar surface area (TPSA) is 73.1 Å². The first-order valence-electron chi connectivity index (χ1n) is 7.00. The number of hydrogen-bond donors (Lipinski definition) is 2. The molecule has 2 aromatic rings. The van der Waals surface area contributed by atoms with E-state index in [4.69, 9.17) is 10.6 Å². The number of nitrogens with zero attached hydrogens (tertiary/aromatic N) is 2. The summed E-state index contributed by atoms with van der Waals surface area (Å²) in [6.07, 6.45) is 0. The molecule has 1 heterocycles. The fourth-order valence-electron chi connectivity index (χ4n) is 2.48. The number of aromatic nitrogens is 2. The largest absolute Gasteiger partial charge is 0.380 e. The minimum atomic E-state index is 0.310. The molecule has 0 amide bonds. The summed E-state index contributed by atoms with van der Waals surface area (Å²) in [5, 5.41) is 0. The number of aryl methyl sites for hydroxylation is 1. The van der Waals surface area contributed by atoms with E-state index < -0.39 is 0 Å². The molecule has 0 unspecified atom stereocenters. The van der Waals surface area contributed by atoms with Gasteiger partial charge in [0.15, 0.2) is 5.82 Å². The van der Waals surface area contributed by atoms with Gasteiger partial charge in [0.25, 0.3) is 0 Å². The van der Waals surface area contributed by atoms with Crippen molar-refractivity contribution in [2.75, 3.05) is 12.5 Å². The summed E-state index contributed by atoms with van der Waals surface area (Å²) < 4.78 is 5.16. The highest BCUT2D eigenvalue weighted by Crippen LogP contribution is 2.27. The van der Waals surface area contributed by atoms with Gasteiger partial charge in [0, 0.05) is 23.9 Å². The maximum Gasteiger partial charge on any atom is 0.161 e. The Hall–Kier alpha value is -1.98. The van der Waals surface area contributed by atoms with Gasteiger partial charge in [0.1, 0.15) is 5.82 Å². The van der Waals surface area contributed by atoms with E-state index >= 15 is 0 Å². The normalized spacial score (nSPS) is 11.0. The van der Waals surface area contributed by atoms with Gasteiger partial charge >= 0.3 is 0 Å². The number of rotatable bonds is 5. The van der Waals surface area contributed by atoms with Crippen LogP contribution in [-0.4, -0.2) is 17.1 Å². The molecule has 0 fully saturated rings. The van der Waals surface area contributed by atoms with Crippen molar-refractivity contribution < 1.29 is 4.74 Å². The number of hydrazine groups is 1. The predicted molar refractivity (Wildman–Crippen MR) is 84.8 cm³/mol. The lowest BCUT2D eigenvalue weighted by Crippen LogP contribution is -2.14. The average molecular weight is 286 g/mol. The van der Waals surface area contributed by atoms with Crippen LogP contribution in [0.5, 0.6) is 0 Å². The van der Waals surface area contributed by atoms with E-state index in [1.807, 2.05) is 31.2 Å². The van der Waals surface area contributed by atoms with E-state index in [1.54, 1.807) is 7.11 Å². The van der Waals surface area contributed by atoms with Crippen LogP contribution in [-0.2, 0) is 11.3 Å². The van der Waals surface area contributed by atoms with Crippen LogP contribution in [0.4, 0.5) is 5.82 Å². The summed E-state index contributed by atoms with van der Waals surface area (Å²) in [6.45, 7) is 6.76. The van der Waals surface area contributed by atoms with Crippen molar-refractivity contribution in [3.63, 3.8) is 0 Å². The summed E-state index contributed by atoms with van der Waals surface area (Å²) >= 11 is 0. The van der Waals surface area contributed by atoms with Gasteiger partial charge in [0.05, 0.1) is 6.61 Å². The van der Waals surface area contributed by atoms with E-state index in [2.05, 4.69) is 29.2 Å². The number of methoxy groups -OCH3 is 1. The molecular formula is C16H22N4O. The Bertz CT molecular complexity index is 626. The maximum absolute atomic E-state index is 5.62. The summed E-state index contributed by atoms with van der Waals surface area (Å²) in [5.74, 6) is 7.29. The van der Waals surface area contributed by atoms with Gasteiger partial charge in [0.2, 0.25) is 0 Å². The van der Waals surface area contributed by atoms with Gasteiger partial charge in [-0.15, -0.1) is 0 Å². The van der Waals surface area contributed by atoms with Crippen molar-refractivity contribution in [1.82, 2.24) is 9.97 Å². The molecule has 0 aliphatic carbocycles. The molecule has 112 valence electrons.